The van der Waals surface area contributed by atoms with Crippen LogP contribution in [0.5, 0.6) is 0 Å². The fourth-order valence-corrected chi connectivity index (χ4v) is 2.84. The van der Waals surface area contributed by atoms with Crippen LogP contribution in [0.4, 0.5) is 14.6 Å². The topological polar surface area (TPSA) is 133 Å². The zero-order chi connectivity index (χ0) is 22.4. The molecule has 5 N–H and O–H groups in total. The number of aromatic nitrogens is 2. The van der Waals surface area contributed by atoms with Gasteiger partial charge in [-0.2, -0.15) is 8.78 Å². The van der Waals surface area contributed by atoms with Gasteiger partial charge in [-0.05, 0) is 6.92 Å². The summed E-state index contributed by atoms with van der Waals surface area (Å²) in [6, 6.07) is 7.26. The number of nitrogens with one attached hydrogen (secondary N) is 5. The zero-order valence-corrected chi connectivity index (χ0v) is 16.7. The lowest BCUT2D eigenvalue weighted by Gasteiger charge is -2.25. The molecule has 1 aliphatic heterocycles. The van der Waals surface area contributed by atoms with Crippen molar-refractivity contribution in [2.24, 2.45) is 0 Å². The van der Waals surface area contributed by atoms with Crippen LogP contribution in [0.2, 0.25) is 0 Å². The SMILES string of the molecule is Cc1cnc(NCC(F)(F)c2ccccc2)c(=O)n1CC(=O)NCC1CNC(=N)NO1. The summed E-state index contributed by atoms with van der Waals surface area (Å²) < 4.78 is 29.9. The Morgan fingerprint density at radius 2 is 2.13 bits per heavy atom. The maximum Gasteiger partial charge on any atom is 0.293 e. The molecule has 0 aliphatic carbocycles. The lowest BCUT2D eigenvalue weighted by atomic mass is 10.1. The first-order chi connectivity index (χ1) is 14.8. The molecule has 1 amide bonds. The van der Waals surface area contributed by atoms with Crippen molar-refractivity contribution in [3.8, 4) is 0 Å². The highest BCUT2D eigenvalue weighted by molar-refractivity contribution is 5.76. The number of halogens is 2. The quantitative estimate of drug-likeness (QED) is 0.403. The maximum absolute atomic E-state index is 14.4. The van der Waals surface area contributed by atoms with Crippen LogP contribution in [0.15, 0.2) is 41.3 Å². The first-order valence-electron chi connectivity index (χ1n) is 9.50. The van der Waals surface area contributed by atoms with Crippen molar-refractivity contribution in [2.45, 2.75) is 25.5 Å². The maximum atomic E-state index is 14.4. The highest BCUT2D eigenvalue weighted by Gasteiger charge is 2.31. The van der Waals surface area contributed by atoms with Gasteiger partial charge in [0.25, 0.3) is 11.5 Å². The molecule has 0 saturated carbocycles. The predicted octanol–water partition coefficient (Wildman–Crippen LogP) is 0.300. The second kappa shape index (κ2) is 9.51. The van der Waals surface area contributed by atoms with Crippen molar-refractivity contribution in [3.05, 3.63) is 58.1 Å². The van der Waals surface area contributed by atoms with Crippen molar-refractivity contribution < 1.29 is 18.4 Å². The first-order valence-corrected chi connectivity index (χ1v) is 9.50. The fourth-order valence-electron chi connectivity index (χ4n) is 2.84. The molecule has 31 heavy (non-hydrogen) atoms. The van der Waals surface area contributed by atoms with E-state index in [4.69, 9.17) is 10.2 Å². The van der Waals surface area contributed by atoms with Crippen molar-refractivity contribution in [3.63, 3.8) is 0 Å². The molecule has 0 spiro atoms. The summed E-state index contributed by atoms with van der Waals surface area (Å²) in [7, 11) is 0. The minimum Gasteiger partial charge on any atom is -0.359 e. The van der Waals surface area contributed by atoms with Crippen molar-refractivity contribution in [2.75, 3.05) is 25.0 Å². The van der Waals surface area contributed by atoms with Gasteiger partial charge in [0.05, 0.1) is 6.54 Å². The Labute approximate surface area is 176 Å². The molecule has 1 aliphatic rings. The molecular weight excluding hydrogens is 412 g/mol. The molecule has 0 bridgehead atoms. The standard InChI is InChI=1S/C19H23F2N7O3/c1-12-7-24-16(26-11-19(20,21)13-5-3-2-4-6-13)17(30)28(12)10-15(29)23-8-14-9-25-18(22)27-31-14/h2-7,14H,8-11H2,1H3,(H,23,29)(H,24,26)(H3,22,25,27). The van der Waals surface area contributed by atoms with E-state index in [-0.39, 0.29) is 30.4 Å². The molecule has 1 atom stereocenters. The number of amides is 1. The lowest BCUT2D eigenvalue weighted by Crippen LogP contribution is -2.53. The largest absolute Gasteiger partial charge is 0.359 e. The number of benzene rings is 1. The molecule has 1 saturated heterocycles. The van der Waals surface area contributed by atoms with Gasteiger partial charge in [0, 0.05) is 30.5 Å². The van der Waals surface area contributed by atoms with Crippen LogP contribution in [-0.4, -0.2) is 47.2 Å². The van der Waals surface area contributed by atoms with Gasteiger partial charge in [0.2, 0.25) is 11.9 Å². The molecule has 3 rings (SSSR count). The molecule has 2 aromatic rings. The summed E-state index contributed by atoms with van der Waals surface area (Å²) in [6.07, 6.45) is 0.937. The smallest absolute Gasteiger partial charge is 0.293 e. The lowest BCUT2D eigenvalue weighted by molar-refractivity contribution is -0.122. The average Bonchev–Trinajstić information content (AvgIpc) is 2.76. The van der Waals surface area contributed by atoms with E-state index >= 15 is 0 Å². The molecule has 1 aromatic heterocycles. The molecule has 12 heteroatoms. The number of hydroxylamine groups is 1. The number of anilines is 1. The summed E-state index contributed by atoms with van der Waals surface area (Å²) in [5.74, 6) is -3.90. The molecule has 1 aromatic carbocycles. The Hall–Kier alpha value is -3.54. The van der Waals surface area contributed by atoms with Crippen LogP contribution in [0.1, 0.15) is 11.3 Å². The number of carbonyl (C=O) groups excluding carboxylic acids is 1. The van der Waals surface area contributed by atoms with Crippen LogP contribution in [0, 0.1) is 12.3 Å². The molecule has 166 valence electrons. The third-order valence-electron chi connectivity index (χ3n) is 4.59. The summed E-state index contributed by atoms with van der Waals surface area (Å²) in [5.41, 5.74) is 1.91. The summed E-state index contributed by atoms with van der Waals surface area (Å²) >= 11 is 0. The van der Waals surface area contributed by atoms with E-state index in [0.717, 1.165) is 4.57 Å². The van der Waals surface area contributed by atoms with E-state index in [0.29, 0.717) is 12.2 Å². The average molecular weight is 435 g/mol. The number of alkyl halides is 2. The van der Waals surface area contributed by atoms with Gasteiger partial charge in [0.15, 0.2) is 5.82 Å². The summed E-state index contributed by atoms with van der Waals surface area (Å²) in [6.45, 7) is 0.958. The monoisotopic (exact) mass is 435 g/mol. The van der Waals surface area contributed by atoms with Gasteiger partial charge in [0.1, 0.15) is 12.6 Å². The van der Waals surface area contributed by atoms with Gasteiger partial charge in [-0.15, -0.1) is 0 Å². The van der Waals surface area contributed by atoms with Crippen LogP contribution in [0.25, 0.3) is 0 Å². The third kappa shape index (κ3) is 5.75. The first kappa shape index (κ1) is 22.2. The Kier molecular flexibility index (Phi) is 6.80. The molecule has 1 fully saturated rings. The van der Waals surface area contributed by atoms with Crippen molar-refractivity contribution >= 4 is 17.7 Å². The number of guanidine groups is 1. The summed E-state index contributed by atoms with van der Waals surface area (Å²) in [5, 5.41) is 15.1. The van der Waals surface area contributed by atoms with Crippen molar-refractivity contribution in [1.29, 1.82) is 5.41 Å². The Morgan fingerprint density at radius 1 is 1.39 bits per heavy atom. The minimum absolute atomic E-state index is 0.0272. The molecule has 0 radical (unpaired) electrons. The Bertz CT molecular complexity index is 988. The van der Waals surface area contributed by atoms with Gasteiger partial charge in [-0.1, -0.05) is 30.3 Å². The molecule has 10 nitrogen and oxygen atoms in total. The molecular formula is C19H23F2N7O3. The number of aryl methyl sites for hydroxylation is 1. The van der Waals surface area contributed by atoms with E-state index in [1.807, 2.05) is 0 Å². The normalized spacial score (nSPS) is 16.2. The second-order valence-electron chi connectivity index (χ2n) is 6.97. The minimum atomic E-state index is -3.21. The van der Waals surface area contributed by atoms with Gasteiger partial charge in [-0.3, -0.25) is 24.4 Å². The van der Waals surface area contributed by atoms with E-state index < -0.39 is 30.0 Å². The van der Waals surface area contributed by atoms with E-state index in [9.17, 15) is 18.4 Å². The van der Waals surface area contributed by atoms with Crippen LogP contribution in [-0.2, 0) is 22.1 Å². The Balaban J connectivity index is 1.61. The van der Waals surface area contributed by atoms with Gasteiger partial charge in [-0.25, -0.2) is 10.5 Å². The number of carbonyl (C=O) groups is 1. The number of nitrogens with zero attached hydrogens (tertiary/aromatic N) is 2. The van der Waals surface area contributed by atoms with Gasteiger partial charge >= 0.3 is 0 Å². The van der Waals surface area contributed by atoms with Gasteiger partial charge < -0.3 is 16.0 Å². The highest BCUT2D eigenvalue weighted by atomic mass is 19.3. The van der Waals surface area contributed by atoms with E-state index in [1.165, 1.54) is 30.5 Å². The van der Waals surface area contributed by atoms with Crippen LogP contribution < -0.4 is 27.0 Å². The third-order valence-corrected chi connectivity index (χ3v) is 4.59. The number of rotatable bonds is 8. The van der Waals surface area contributed by atoms with E-state index in [1.54, 1.807) is 13.0 Å². The summed E-state index contributed by atoms with van der Waals surface area (Å²) in [4.78, 5) is 34.0. The van der Waals surface area contributed by atoms with Crippen molar-refractivity contribution in [1.82, 2.24) is 25.7 Å². The fraction of sp³-hybridized carbons (Fsp3) is 0.368. The van der Waals surface area contributed by atoms with Crippen LogP contribution in [0.3, 0.4) is 0 Å². The number of hydrogen-bond donors (Lipinski definition) is 5. The zero-order valence-electron chi connectivity index (χ0n) is 16.7. The second-order valence-corrected chi connectivity index (χ2v) is 6.97. The number of hydrogen-bond acceptors (Lipinski definition) is 6. The van der Waals surface area contributed by atoms with E-state index in [2.05, 4.69) is 26.4 Å². The molecule has 1 unspecified atom stereocenters. The molecule has 2 heterocycles. The predicted molar refractivity (Wildman–Crippen MR) is 109 cm³/mol. The van der Waals surface area contributed by atoms with Crippen LogP contribution >= 0.6 is 0 Å². The highest BCUT2D eigenvalue weighted by Crippen LogP contribution is 2.27. The Morgan fingerprint density at radius 3 is 2.81 bits per heavy atom.